The standard InChI is InChI=1S/C23H25N3O4/c1-14-5-8-19(15(2)9-14)22-24-23(30-25-22)17-10-21(27)26(13-17)12-16-6-7-18(28-3)11-20(16)29-4/h5-9,11,17H,10,12-13H2,1-4H3. The van der Waals surface area contributed by atoms with Crippen LogP contribution in [0.2, 0.25) is 0 Å². The van der Waals surface area contributed by atoms with E-state index in [1.807, 2.05) is 37.3 Å². The van der Waals surface area contributed by atoms with Crippen LogP contribution in [-0.4, -0.2) is 41.7 Å². The number of ether oxygens (including phenoxy) is 2. The van der Waals surface area contributed by atoms with Gasteiger partial charge >= 0.3 is 0 Å². The third kappa shape index (κ3) is 3.87. The number of hydrogen-bond acceptors (Lipinski definition) is 6. The van der Waals surface area contributed by atoms with Crippen molar-refractivity contribution < 1.29 is 18.8 Å². The Hall–Kier alpha value is -3.35. The van der Waals surface area contributed by atoms with Gasteiger partial charge in [0.1, 0.15) is 11.5 Å². The molecule has 0 N–H and O–H groups in total. The Morgan fingerprint density at radius 3 is 2.70 bits per heavy atom. The smallest absolute Gasteiger partial charge is 0.232 e. The molecule has 4 rings (SSSR count). The van der Waals surface area contributed by atoms with Crippen molar-refractivity contribution in [1.29, 1.82) is 0 Å². The van der Waals surface area contributed by atoms with Gasteiger partial charge in [0.15, 0.2) is 0 Å². The van der Waals surface area contributed by atoms with Gasteiger partial charge in [0, 0.05) is 36.7 Å². The first-order valence-corrected chi connectivity index (χ1v) is 9.88. The molecular formula is C23H25N3O4. The lowest BCUT2D eigenvalue weighted by atomic mass is 10.1. The highest BCUT2D eigenvalue weighted by Gasteiger charge is 2.34. The number of nitrogens with zero attached hydrogens (tertiary/aromatic N) is 3. The Morgan fingerprint density at radius 2 is 1.97 bits per heavy atom. The normalized spacial score (nSPS) is 16.2. The van der Waals surface area contributed by atoms with Crippen molar-refractivity contribution in [1.82, 2.24) is 15.0 Å². The predicted octanol–water partition coefficient (Wildman–Crippen LogP) is 3.89. The number of methoxy groups -OCH3 is 2. The van der Waals surface area contributed by atoms with Gasteiger partial charge in [0.25, 0.3) is 0 Å². The number of likely N-dealkylation sites (tertiary alicyclic amines) is 1. The number of aromatic nitrogens is 2. The average Bonchev–Trinajstić information content (AvgIpc) is 3.35. The van der Waals surface area contributed by atoms with Crippen LogP contribution in [0.1, 0.15) is 34.9 Å². The van der Waals surface area contributed by atoms with E-state index in [0.29, 0.717) is 42.7 Å². The highest BCUT2D eigenvalue weighted by molar-refractivity contribution is 5.79. The molecule has 0 bridgehead atoms. The molecule has 2 aromatic carbocycles. The summed E-state index contributed by atoms with van der Waals surface area (Å²) >= 11 is 0. The minimum Gasteiger partial charge on any atom is -0.497 e. The second kappa shape index (κ2) is 8.18. The number of rotatable bonds is 6. The molecule has 156 valence electrons. The lowest BCUT2D eigenvalue weighted by molar-refractivity contribution is -0.128. The van der Waals surface area contributed by atoms with Crippen LogP contribution in [-0.2, 0) is 11.3 Å². The maximum Gasteiger partial charge on any atom is 0.232 e. The first-order chi connectivity index (χ1) is 14.5. The fourth-order valence-electron chi connectivity index (χ4n) is 3.85. The van der Waals surface area contributed by atoms with Crippen molar-refractivity contribution in [3.63, 3.8) is 0 Å². The van der Waals surface area contributed by atoms with Crippen LogP contribution in [0.3, 0.4) is 0 Å². The average molecular weight is 407 g/mol. The summed E-state index contributed by atoms with van der Waals surface area (Å²) in [5, 5.41) is 4.15. The molecule has 1 saturated heterocycles. The van der Waals surface area contributed by atoms with Gasteiger partial charge in [-0.15, -0.1) is 0 Å². The Balaban J connectivity index is 1.50. The molecule has 1 aromatic heterocycles. The largest absolute Gasteiger partial charge is 0.497 e. The van der Waals surface area contributed by atoms with E-state index in [4.69, 9.17) is 14.0 Å². The Labute approximate surface area is 175 Å². The van der Waals surface area contributed by atoms with Crippen molar-refractivity contribution in [2.24, 2.45) is 0 Å². The molecule has 0 saturated carbocycles. The van der Waals surface area contributed by atoms with Gasteiger partial charge < -0.3 is 18.9 Å². The van der Waals surface area contributed by atoms with Crippen LogP contribution < -0.4 is 9.47 Å². The van der Waals surface area contributed by atoms with Gasteiger partial charge in [-0.2, -0.15) is 4.98 Å². The van der Waals surface area contributed by atoms with E-state index in [1.165, 1.54) is 5.56 Å². The summed E-state index contributed by atoms with van der Waals surface area (Å²) < 4.78 is 16.2. The summed E-state index contributed by atoms with van der Waals surface area (Å²) in [6.45, 7) is 5.07. The monoisotopic (exact) mass is 407 g/mol. The minimum atomic E-state index is -0.117. The summed E-state index contributed by atoms with van der Waals surface area (Å²) in [6, 6.07) is 11.7. The topological polar surface area (TPSA) is 77.7 Å². The Kier molecular flexibility index (Phi) is 5.44. The molecule has 2 heterocycles. The van der Waals surface area contributed by atoms with Crippen LogP contribution >= 0.6 is 0 Å². The molecule has 30 heavy (non-hydrogen) atoms. The van der Waals surface area contributed by atoms with Crippen LogP contribution in [0, 0.1) is 13.8 Å². The summed E-state index contributed by atoms with van der Waals surface area (Å²) in [7, 11) is 3.22. The summed E-state index contributed by atoms with van der Waals surface area (Å²) in [4.78, 5) is 19.0. The van der Waals surface area contributed by atoms with E-state index in [2.05, 4.69) is 23.1 Å². The zero-order valence-corrected chi connectivity index (χ0v) is 17.6. The van der Waals surface area contributed by atoms with E-state index in [0.717, 1.165) is 16.7 Å². The number of aryl methyl sites for hydroxylation is 2. The van der Waals surface area contributed by atoms with Crippen LogP contribution in [0.5, 0.6) is 11.5 Å². The van der Waals surface area contributed by atoms with Crippen molar-refractivity contribution in [3.8, 4) is 22.9 Å². The quantitative estimate of drug-likeness (QED) is 0.617. The predicted molar refractivity (Wildman–Crippen MR) is 112 cm³/mol. The maximum atomic E-state index is 12.6. The highest BCUT2D eigenvalue weighted by atomic mass is 16.5. The third-order valence-corrected chi connectivity index (χ3v) is 5.48. The fraction of sp³-hybridized carbons (Fsp3) is 0.348. The maximum absolute atomic E-state index is 12.6. The van der Waals surface area contributed by atoms with Gasteiger partial charge in [-0.1, -0.05) is 28.9 Å². The van der Waals surface area contributed by atoms with Gasteiger partial charge in [-0.05, 0) is 31.5 Å². The van der Waals surface area contributed by atoms with Gasteiger partial charge in [0.05, 0.1) is 20.1 Å². The van der Waals surface area contributed by atoms with E-state index in [1.54, 1.807) is 19.1 Å². The van der Waals surface area contributed by atoms with Gasteiger partial charge in [-0.3, -0.25) is 4.79 Å². The number of carbonyl (C=O) groups is 1. The summed E-state index contributed by atoms with van der Waals surface area (Å²) in [5.74, 6) is 2.41. The zero-order chi connectivity index (χ0) is 21.3. The molecule has 1 unspecified atom stereocenters. The molecule has 1 fully saturated rings. The first-order valence-electron chi connectivity index (χ1n) is 9.88. The van der Waals surface area contributed by atoms with Crippen LogP contribution in [0.25, 0.3) is 11.4 Å². The molecule has 3 aromatic rings. The van der Waals surface area contributed by atoms with Gasteiger partial charge in [0.2, 0.25) is 17.6 Å². The molecule has 7 nitrogen and oxygen atoms in total. The molecule has 1 amide bonds. The zero-order valence-electron chi connectivity index (χ0n) is 17.6. The van der Waals surface area contributed by atoms with Crippen LogP contribution in [0.4, 0.5) is 0 Å². The SMILES string of the molecule is COc1ccc(CN2CC(c3nc(-c4ccc(C)cc4C)no3)CC2=O)c(OC)c1. The van der Waals surface area contributed by atoms with E-state index in [9.17, 15) is 4.79 Å². The number of amides is 1. The van der Waals surface area contributed by atoms with Crippen molar-refractivity contribution >= 4 is 5.91 Å². The molecular weight excluding hydrogens is 382 g/mol. The van der Waals surface area contributed by atoms with Crippen molar-refractivity contribution in [2.45, 2.75) is 32.7 Å². The highest BCUT2D eigenvalue weighted by Crippen LogP contribution is 2.32. The molecule has 1 aliphatic rings. The van der Waals surface area contributed by atoms with E-state index in [-0.39, 0.29) is 11.8 Å². The molecule has 1 aliphatic heterocycles. The molecule has 0 aliphatic carbocycles. The first kappa shape index (κ1) is 19.9. The third-order valence-electron chi connectivity index (χ3n) is 5.48. The number of carbonyl (C=O) groups excluding carboxylic acids is 1. The van der Waals surface area contributed by atoms with E-state index < -0.39 is 0 Å². The molecule has 7 heteroatoms. The number of hydrogen-bond donors (Lipinski definition) is 0. The fourth-order valence-corrected chi connectivity index (χ4v) is 3.85. The Morgan fingerprint density at radius 1 is 1.13 bits per heavy atom. The van der Waals surface area contributed by atoms with Gasteiger partial charge in [-0.25, -0.2) is 0 Å². The lowest BCUT2D eigenvalue weighted by Crippen LogP contribution is -2.24. The lowest BCUT2D eigenvalue weighted by Gasteiger charge is -2.18. The molecule has 0 radical (unpaired) electrons. The number of benzene rings is 2. The second-order valence-electron chi connectivity index (χ2n) is 7.63. The summed E-state index contributed by atoms with van der Waals surface area (Å²) in [5.41, 5.74) is 4.15. The van der Waals surface area contributed by atoms with Crippen molar-refractivity contribution in [3.05, 3.63) is 59.0 Å². The Bertz CT molecular complexity index is 1080. The van der Waals surface area contributed by atoms with Crippen LogP contribution in [0.15, 0.2) is 40.9 Å². The molecule has 0 spiro atoms. The minimum absolute atomic E-state index is 0.0594. The van der Waals surface area contributed by atoms with E-state index >= 15 is 0 Å². The molecule has 1 atom stereocenters. The second-order valence-corrected chi connectivity index (χ2v) is 7.63. The summed E-state index contributed by atoms with van der Waals surface area (Å²) in [6.07, 6.45) is 0.354. The van der Waals surface area contributed by atoms with Crippen molar-refractivity contribution in [2.75, 3.05) is 20.8 Å².